The molecule has 0 spiro atoms. The highest BCUT2D eigenvalue weighted by Gasteiger charge is 2.60. The number of hydrogen-bond acceptors (Lipinski definition) is 6. The minimum atomic E-state index is -1.52. The highest BCUT2D eigenvalue weighted by atomic mass is 16.4. The first-order valence-electron chi connectivity index (χ1n) is 9.23. The topological polar surface area (TPSA) is 124 Å². The first-order valence-corrected chi connectivity index (χ1v) is 9.23. The number of aliphatic hydroxyl groups is 1. The standard InChI is InChI=1S/C22H14N2O6/c25-18-11-8-4-5-9-12(11)19(26)15(18)16-13-14(17(23-16)22(29)30)21(28)24(20(13)27)10-6-2-1-3-7-10/h1-9,13-14,17,25H,(H,29,30)/t13-,14-,17-/m0/s1. The predicted molar refractivity (Wildman–Crippen MR) is 105 cm³/mol. The van der Waals surface area contributed by atoms with Crippen molar-refractivity contribution in [2.24, 2.45) is 16.8 Å². The number of carbonyl (C=O) groups is 4. The minimum Gasteiger partial charge on any atom is -0.506 e. The number of aliphatic hydroxyl groups excluding tert-OH is 1. The lowest BCUT2D eigenvalue weighted by molar-refractivity contribution is -0.141. The SMILES string of the molecule is O=C1C(C2=N[C@H](C(=O)O)[C@H]3C(=O)N(c4ccccc4)C(=O)[C@H]23)=C(O)c2ccccc21. The number of hydrogen-bond donors (Lipinski definition) is 2. The molecule has 8 heteroatoms. The van der Waals surface area contributed by atoms with Gasteiger partial charge in [-0.25, -0.2) is 9.69 Å². The number of imide groups is 1. The summed E-state index contributed by atoms with van der Waals surface area (Å²) in [7, 11) is 0. The second-order valence-electron chi connectivity index (χ2n) is 7.25. The quantitative estimate of drug-likeness (QED) is 0.755. The molecule has 0 saturated carbocycles. The Labute approximate surface area is 169 Å². The normalized spacial score (nSPS) is 24.9. The summed E-state index contributed by atoms with van der Waals surface area (Å²) in [4.78, 5) is 56.1. The average molecular weight is 402 g/mol. The van der Waals surface area contributed by atoms with Crippen LogP contribution in [0.1, 0.15) is 15.9 Å². The Morgan fingerprint density at radius 3 is 2.17 bits per heavy atom. The van der Waals surface area contributed by atoms with Crippen LogP contribution in [0.4, 0.5) is 5.69 Å². The number of aliphatic carboxylic acids is 1. The fourth-order valence-electron chi connectivity index (χ4n) is 4.37. The molecule has 0 aromatic heterocycles. The monoisotopic (exact) mass is 402 g/mol. The van der Waals surface area contributed by atoms with Crippen molar-refractivity contribution in [1.29, 1.82) is 0 Å². The lowest BCUT2D eigenvalue weighted by Gasteiger charge is -2.16. The van der Waals surface area contributed by atoms with Gasteiger partial charge in [0, 0.05) is 11.1 Å². The Morgan fingerprint density at radius 2 is 1.53 bits per heavy atom. The Balaban J connectivity index is 1.65. The van der Waals surface area contributed by atoms with E-state index >= 15 is 0 Å². The van der Waals surface area contributed by atoms with Crippen molar-refractivity contribution in [3.05, 3.63) is 71.3 Å². The van der Waals surface area contributed by atoms with E-state index in [9.17, 15) is 29.4 Å². The number of aliphatic imine (C=N–C) groups is 1. The Hall–Kier alpha value is -4.07. The number of anilines is 1. The van der Waals surface area contributed by atoms with E-state index in [1.165, 1.54) is 6.07 Å². The maximum Gasteiger partial charge on any atom is 0.329 e. The minimum absolute atomic E-state index is 0.150. The molecular weight excluding hydrogens is 388 g/mol. The maximum atomic E-state index is 13.2. The van der Waals surface area contributed by atoms with Crippen molar-refractivity contribution in [3.63, 3.8) is 0 Å². The van der Waals surface area contributed by atoms with E-state index in [0.717, 1.165) is 4.90 Å². The predicted octanol–water partition coefficient (Wildman–Crippen LogP) is 1.87. The maximum absolute atomic E-state index is 13.2. The van der Waals surface area contributed by atoms with Gasteiger partial charge in [-0.1, -0.05) is 42.5 Å². The Morgan fingerprint density at radius 1 is 0.900 bits per heavy atom. The van der Waals surface area contributed by atoms with E-state index in [-0.39, 0.29) is 28.2 Å². The van der Waals surface area contributed by atoms with Gasteiger partial charge in [0.25, 0.3) is 0 Å². The molecule has 2 aromatic rings. The summed E-state index contributed by atoms with van der Waals surface area (Å²) < 4.78 is 0. The zero-order chi connectivity index (χ0) is 21.2. The van der Waals surface area contributed by atoms with Crippen molar-refractivity contribution in [1.82, 2.24) is 0 Å². The first kappa shape index (κ1) is 18.0. The van der Waals surface area contributed by atoms with Gasteiger partial charge in [-0.3, -0.25) is 19.4 Å². The van der Waals surface area contributed by atoms with Gasteiger partial charge in [0.1, 0.15) is 5.76 Å². The molecule has 1 fully saturated rings. The van der Waals surface area contributed by atoms with Crippen LogP contribution in [0.15, 0.2) is 65.2 Å². The summed E-state index contributed by atoms with van der Waals surface area (Å²) in [5.74, 6) is -6.17. The summed E-state index contributed by atoms with van der Waals surface area (Å²) in [6.07, 6.45) is 0. The van der Waals surface area contributed by atoms with Crippen LogP contribution in [0.2, 0.25) is 0 Å². The molecule has 30 heavy (non-hydrogen) atoms. The van der Waals surface area contributed by atoms with E-state index in [2.05, 4.69) is 4.99 Å². The van der Waals surface area contributed by atoms with Gasteiger partial charge in [-0.15, -0.1) is 0 Å². The molecule has 8 nitrogen and oxygen atoms in total. The fraction of sp³-hybridized carbons (Fsp3) is 0.136. The molecule has 0 radical (unpaired) electrons. The second-order valence-corrected chi connectivity index (χ2v) is 7.25. The molecule has 148 valence electrons. The summed E-state index contributed by atoms with van der Waals surface area (Å²) in [6, 6.07) is 13.0. The first-order chi connectivity index (χ1) is 14.4. The zero-order valence-corrected chi connectivity index (χ0v) is 15.4. The Kier molecular flexibility index (Phi) is 3.73. The number of carboxylic acids is 1. The summed E-state index contributed by atoms with van der Waals surface area (Å²) in [5.41, 5.74) is 0.463. The smallest absolute Gasteiger partial charge is 0.329 e. The van der Waals surface area contributed by atoms with Crippen LogP contribution in [0, 0.1) is 11.8 Å². The number of rotatable bonds is 3. The molecule has 1 saturated heterocycles. The van der Waals surface area contributed by atoms with Gasteiger partial charge >= 0.3 is 5.97 Å². The molecule has 2 N–H and O–H groups in total. The molecule has 3 atom stereocenters. The lowest BCUT2D eigenvalue weighted by Crippen LogP contribution is -2.35. The van der Waals surface area contributed by atoms with E-state index < -0.39 is 41.4 Å². The van der Waals surface area contributed by atoms with Crippen molar-refractivity contribution >= 4 is 40.7 Å². The van der Waals surface area contributed by atoms with Gasteiger partial charge in [-0.2, -0.15) is 0 Å². The molecule has 2 heterocycles. The second kappa shape index (κ2) is 6.21. The van der Waals surface area contributed by atoms with Gasteiger partial charge in [0.15, 0.2) is 11.8 Å². The van der Waals surface area contributed by atoms with Crippen molar-refractivity contribution in [2.45, 2.75) is 6.04 Å². The molecule has 2 aliphatic heterocycles. The largest absolute Gasteiger partial charge is 0.506 e. The number of fused-ring (bicyclic) bond motifs is 2. The summed E-state index contributed by atoms with van der Waals surface area (Å²) in [6.45, 7) is 0. The molecule has 2 amide bonds. The molecule has 2 aromatic carbocycles. The van der Waals surface area contributed by atoms with Gasteiger partial charge < -0.3 is 10.2 Å². The molecule has 5 rings (SSSR count). The zero-order valence-electron chi connectivity index (χ0n) is 15.4. The van der Waals surface area contributed by atoms with Crippen molar-refractivity contribution in [3.8, 4) is 0 Å². The number of ketones is 1. The highest BCUT2D eigenvalue weighted by Crippen LogP contribution is 2.44. The number of allylic oxidation sites excluding steroid dienone is 1. The highest BCUT2D eigenvalue weighted by molar-refractivity contribution is 6.42. The van der Waals surface area contributed by atoms with Crippen LogP contribution >= 0.6 is 0 Å². The fourth-order valence-corrected chi connectivity index (χ4v) is 4.37. The van der Waals surface area contributed by atoms with Gasteiger partial charge in [0.2, 0.25) is 11.8 Å². The third-order valence-corrected chi connectivity index (χ3v) is 5.68. The van der Waals surface area contributed by atoms with Crippen molar-refractivity contribution < 1.29 is 29.4 Å². The van der Waals surface area contributed by atoms with Crippen LogP contribution in [0.25, 0.3) is 5.76 Å². The number of para-hydroxylation sites is 1. The molecule has 3 aliphatic rings. The number of Topliss-reactive ketones (excluding diaryl/α,β-unsaturated/α-hetero) is 1. The third-order valence-electron chi connectivity index (χ3n) is 5.68. The number of carboxylic acid groups (broad SMARTS) is 1. The summed E-state index contributed by atoms with van der Waals surface area (Å²) in [5, 5.41) is 20.3. The van der Waals surface area contributed by atoms with Crippen molar-refractivity contribution in [2.75, 3.05) is 4.90 Å². The number of nitrogens with zero attached hydrogens (tertiary/aromatic N) is 2. The van der Waals surface area contributed by atoms with Crippen LogP contribution < -0.4 is 4.90 Å². The van der Waals surface area contributed by atoms with Crippen LogP contribution in [-0.2, 0) is 14.4 Å². The lowest BCUT2D eigenvalue weighted by atomic mass is 9.85. The molecule has 0 unspecified atom stereocenters. The van der Waals surface area contributed by atoms with Crippen LogP contribution in [0.5, 0.6) is 0 Å². The number of carbonyl (C=O) groups excluding carboxylic acids is 3. The third kappa shape index (κ3) is 2.24. The van der Waals surface area contributed by atoms with E-state index in [1.807, 2.05) is 0 Å². The average Bonchev–Trinajstić information content (AvgIpc) is 3.33. The van der Waals surface area contributed by atoms with E-state index in [0.29, 0.717) is 5.69 Å². The summed E-state index contributed by atoms with van der Waals surface area (Å²) >= 11 is 0. The molecule has 0 bridgehead atoms. The number of amides is 2. The van der Waals surface area contributed by atoms with E-state index in [1.54, 1.807) is 48.5 Å². The number of benzene rings is 2. The van der Waals surface area contributed by atoms with Gasteiger partial charge in [0.05, 0.1) is 28.8 Å². The van der Waals surface area contributed by atoms with Crippen LogP contribution in [0.3, 0.4) is 0 Å². The van der Waals surface area contributed by atoms with Gasteiger partial charge in [-0.05, 0) is 12.1 Å². The Bertz CT molecular complexity index is 1210. The molecule has 1 aliphatic carbocycles. The van der Waals surface area contributed by atoms with E-state index in [4.69, 9.17) is 0 Å². The molecular formula is C22H14N2O6. The van der Waals surface area contributed by atoms with Crippen LogP contribution in [-0.4, -0.2) is 45.5 Å².